The Balaban J connectivity index is 2.19. The number of anilines is 1. The number of hydrogen-bond acceptors (Lipinski definition) is 4. The molecule has 1 atom stereocenters. The molecule has 1 aromatic rings. The van der Waals surface area contributed by atoms with E-state index in [-0.39, 0.29) is 18.9 Å². The van der Waals surface area contributed by atoms with Gasteiger partial charge in [-0.15, -0.1) is 0 Å². The first-order valence-corrected chi connectivity index (χ1v) is 6.55. The van der Waals surface area contributed by atoms with Crippen LogP contribution in [0, 0.1) is 0 Å². The molecular formula is C14H22N2O3. The predicted octanol–water partition coefficient (Wildman–Crippen LogP) is 1.31. The summed E-state index contributed by atoms with van der Waals surface area (Å²) in [6.07, 6.45) is 1.36. The van der Waals surface area contributed by atoms with Crippen LogP contribution >= 0.6 is 0 Å². The van der Waals surface area contributed by atoms with Gasteiger partial charge in [-0.05, 0) is 18.6 Å². The summed E-state index contributed by atoms with van der Waals surface area (Å²) in [4.78, 5) is 11.5. The zero-order valence-corrected chi connectivity index (χ0v) is 11.3. The minimum atomic E-state index is -0.473. The van der Waals surface area contributed by atoms with Gasteiger partial charge < -0.3 is 20.9 Å². The first-order chi connectivity index (χ1) is 9.13. The van der Waals surface area contributed by atoms with Crippen LogP contribution in [-0.2, 0) is 4.79 Å². The van der Waals surface area contributed by atoms with E-state index in [2.05, 4.69) is 5.32 Å². The quantitative estimate of drug-likeness (QED) is 0.619. The van der Waals surface area contributed by atoms with Gasteiger partial charge >= 0.3 is 0 Å². The molecule has 0 aromatic heterocycles. The Bertz CT molecular complexity index is 396. The molecule has 0 aliphatic rings. The van der Waals surface area contributed by atoms with Gasteiger partial charge in [0.1, 0.15) is 5.75 Å². The average molecular weight is 266 g/mol. The van der Waals surface area contributed by atoms with E-state index < -0.39 is 6.10 Å². The molecule has 0 bridgehead atoms. The fourth-order valence-corrected chi connectivity index (χ4v) is 1.62. The Hall–Kier alpha value is -1.75. The molecular weight excluding hydrogens is 244 g/mol. The van der Waals surface area contributed by atoms with Crippen molar-refractivity contribution in [1.29, 1.82) is 0 Å². The van der Waals surface area contributed by atoms with E-state index >= 15 is 0 Å². The number of benzene rings is 1. The molecule has 106 valence electrons. The minimum Gasteiger partial charge on any atom is -0.491 e. The Labute approximate surface area is 113 Å². The second-order valence-corrected chi connectivity index (χ2v) is 4.38. The number of nitrogens with two attached hydrogens (primary N) is 1. The Morgan fingerprint density at radius 3 is 2.89 bits per heavy atom. The first-order valence-electron chi connectivity index (χ1n) is 6.55. The molecule has 0 radical (unpaired) electrons. The summed E-state index contributed by atoms with van der Waals surface area (Å²) >= 11 is 0. The number of rotatable bonds is 8. The number of carbonyl (C=O) groups excluding carboxylic acids is 1. The van der Waals surface area contributed by atoms with E-state index in [9.17, 15) is 9.90 Å². The maximum Gasteiger partial charge on any atom is 0.223 e. The van der Waals surface area contributed by atoms with Gasteiger partial charge in [-0.3, -0.25) is 4.79 Å². The van der Waals surface area contributed by atoms with Gasteiger partial charge in [0.15, 0.2) is 0 Å². The molecule has 1 unspecified atom stereocenters. The van der Waals surface area contributed by atoms with Crippen molar-refractivity contribution in [2.75, 3.05) is 18.9 Å². The molecule has 0 saturated heterocycles. The highest BCUT2D eigenvalue weighted by atomic mass is 16.5. The average Bonchev–Trinajstić information content (AvgIpc) is 2.39. The van der Waals surface area contributed by atoms with Crippen LogP contribution in [-0.4, -0.2) is 30.3 Å². The van der Waals surface area contributed by atoms with Gasteiger partial charge in [-0.1, -0.05) is 25.5 Å². The van der Waals surface area contributed by atoms with Crippen molar-refractivity contribution in [3.05, 3.63) is 24.3 Å². The Morgan fingerprint density at radius 1 is 1.47 bits per heavy atom. The Morgan fingerprint density at radius 2 is 2.21 bits per heavy atom. The number of amides is 1. The van der Waals surface area contributed by atoms with Crippen LogP contribution in [0.2, 0.25) is 0 Å². The number of nitrogens with one attached hydrogen (secondary N) is 1. The lowest BCUT2D eigenvalue weighted by atomic mass is 10.2. The van der Waals surface area contributed by atoms with Crippen molar-refractivity contribution in [3.8, 4) is 5.75 Å². The lowest BCUT2D eigenvalue weighted by Crippen LogP contribution is -2.32. The standard InChI is InChI=1S/C14H22N2O3/c1-2-5-11(17)10-16-14(18)8-9-19-13-7-4-3-6-12(13)15/h3-4,6-7,11,17H,2,5,8-10,15H2,1H3,(H,16,18). The van der Waals surface area contributed by atoms with Crippen LogP contribution in [0.5, 0.6) is 5.75 Å². The second kappa shape index (κ2) is 8.37. The lowest BCUT2D eigenvalue weighted by Gasteiger charge is -2.11. The van der Waals surface area contributed by atoms with Crippen LogP contribution in [0.15, 0.2) is 24.3 Å². The van der Waals surface area contributed by atoms with E-state index in [1.165, 1.54) is 0 Å². The smallest absolute Gasteiger partial charge is 0.223 e. The van der Waals surface area contributed by atoms with Crippen molar-refractivity contribution in [3.63, 3.8) is 0 Å². The Kier molecular flexibility index (Phi) is 6.74. The van der Waals surface area contributed by atoms with Gasteiger partial charge in [0.2, 0.25) is 5.91 Å². The topological polar surface area (TPSA) is 84.6 Å². The molecule has 0 fully saturated rings. The molecule has 0 spiro atoms. The van der Waals surface area contributed by atoms with Crippen molar-refractivity contribution in [1.82, 2.24) is 5.32 Å². The summed E-state index contributed by atoms with van der Waals surface area (Å²) in [6.45, 7) is 2.55. The first kappa shape index (κ1) is 15.3. The third-order valence-electron chi connectivity index (χ3n) is 2.66. The molecule has 0 saturated carbocycles. The van der Waals surface area contributed by atoms with Crippen molar-refractivity contribution >= 4 is 11.6 Å². The summed E-state index contributed by atoms with van der Waals surface area (Å²) in [7, 11) is 0. The number of carbonyl (C=O) groups is 1. The molecule has 1 amide bonds. The molecule has 1 rings (SSSR count). The van der Waals surface area contributed by atoms with Crippen molar-refractivity contribution < 1.29 is 14.6 Å². The minimum absolute atomic E-state index is 0.135. The highest BCUT2D eigenvalue weighted by Gasteiger charge is 2.06. The molecule has 0 heterocycles. The van der Waals surface area contributed by atoms with Gasteiger partial charge in [0, 0.05) is 6.54 Å². The largest absolute Gasteiger partial charge is 0.491 e. The van der Waals surface area contributed by atoms with Gasteiger partial charge in [0.05, 0.1) is 24.8 Å². The molecule has 5 heteroatoms. The summed E-state index contributed by atoms with van der Waals surface area (Å²) in [5.74, 6) is 0.450. The van der Waals surface area contributed by atoms with Gasteiger partial charge in [0.25, 0.3) is 0 Å². The number of aliphatic hydroxyl groups is 1. The van der Waals surface area contributed by atoms with Crippen LogP contribution in [0.4, 0.5) is 5.69 Å². The lowest BCUT2D eigenvalue weighted by molar-refractivity contribution is -0.122. The van der Waals surface area contributed by atoms with Gasteiger partial charge in [-0.2, -0.15) is 0 Å². The number of hydrogen-bond donors (Lipinski definition) is 3. The van der Waals surface area contributed by atoms with Gasteiger partial charge in [-0.25, -0.2) is 0 Å². The summed E-state index contributed by atoms with van der Waals surface area (Å²) in [5.41, 5.74) is 6.27. The van der Waals surface area contributed by atoms with Crippen molar-refractivity contribution in [2.24, 2.45) is 0 Å². The zero-order chi connectivity index (χ0) is 14.1. The normalized spacial score (nSPS) is 11.9. The van der Waals surface area contributed by atoms with E-state index in [1.54, 1.807) is 12.1 Å². The SMILES string of the molecule is CCCC(O)CNC(=O)CCOc1ccccc1N. The molecule has 0 aliphatic heterocycles. The third-order valence-corrected chi connectivity index (χ3v) is 2.66. The van der Waals surface area contributed by atoms with Crippen LogP contribution < -0.4 is 15.8 Å². The highest BCUT2D eigenvalue weighted by molar-refractivity contribution is 5.76. The number of nitrogen functional groups attached to an aromatic ring is 1. The van der Waals surface area contributed by atoms with E-state index in [4.69, 9.17) is 10.5 Å². The highest BCUT2D eigenvalue weighted by Crippen LogP contribution is 2.19. The second-order valence-electron chi connectivity index (χ2n) is 4.38. The maximum atomic E-state index is 11.5. The molecule has 5 nitrogen and oxygen atoms in total. The van der Waals surface area contributed by atoms with E-state index in [0.29, 0.717) is 24.4 Å². The fraction of sp³-hybridized carbons (Fsp3) is 0.500. The summed E-state index contributed by atoms with van der Waals surface area (Å²) in [5, 5.41) is 12.1. The maximum absolute atomic E-state index is 11.5. The summed E-state index contributed by atoms with van der Waals surface area (Å²) in [6, 6.07) is 7.16. The number of ether oxygens (including phenoxy) is 1. The molecule has 4 N–H and O–H groups in total. The summed E-state index contributed by atoms with van der Waals surface area (Å²) < 4.78 is 5.41. The van der Waals surface area contributed by atoms with Crippen molar-refractivity contribution in [2.45, 2.75) is 32.3 Å². The molecule has 19 heavy (non-hydrogen) atoms. The molecule has 1 aromatic carbocycles. The molecule has 0 aliphatic carbocycles. The monoisotopic (exact) mass is 266 g/mol. The number of aliphatic hydroxyl groups excluding tert-OH is 1. The van der Waals surface area contributed by atoms with E-state index in [1.807, 2.05) is 19.1 Å². The van der Waals surface area contributed by atoms with Crippen LogP contribution in [0.1, 0.15) is 26.2 Å². The third kappa shape index (κ3) is 6.10. The predicted molar refractivity (Wildman–Crippen MR) is 74.9 cm³/mol. The zero-order valence-electron chi connectivity index (χ0n) is 11.3. The van der Waals surface area contributed by atoms with Crippen LogP contribution in [0.3, 0.4) is 0 Å². The fourth-order valence-electron chi connectivity index (χ4n) is 1.62. The van der Waals surface area contributed by atoms with E-state index in [0.717, 1.165) is 6.42 Å². The van der Waals surface area contributed by atoms with Crippen LogP contribution in [0.25, 0.3) is 0 Å². The number of para-hydroxylation sites is 2.